The van der Waals surface area contributed by atoms with Gasteiger partial charge < -0.3 is 24.5 Å². The lowest BCUT2D eigenvalue weighted by molar-refractivity contribution is -0.113. The molecule has 29 heavy (non-hydrogen) atoms. The maximum atomic E-state index is 12.4. The van der Waals surface area contributed by atoms with Crippen LogP contribution in [-0.2, 0) is 17.9 Å². The number of aliphatic hydroxyl groups excluding tert-OH is 1. The lowest BCUT2D eigenvalue weighted by atomic mass is 10.1. The number of amides is 1. The number of rotatable bonds is 7. The van der Waals surface area contributed by atoms with Crippen LogP contribution in [0, 0.1) is 6.92 Å². The summed E-state index contributed by atoms with van der Waals surface area (Å²) in [5.74, 6) is 1.34. The van der Waals surface area contributed by atoms with Gasteiger partial charge in [0.2, 0.25) is 12.7 Å². The highest BCUT2D eigenvalue weighted by Crippen LogP contribution is 2.34. The van der Waals surface area contributed by atoms with Crippen molar-refractivity contribution in [2.45, 2.75) is 25.2 Å². The Kier molecular flexibility index (Phi) is 5.73. The van der Waals surface area contributed by atoms with Crippen molar-refractivity contribution < 1.29 is 19.4 Å². The Bertz CT molecular complexity index is 1020. The first-order valence-electron chi connectivity index (χ1n) is 9.15. The van der Waals surface area contributed by atoms with Crippen LogP contribution in [0.25, 0.3) is 0 Å². The number of aliphatic hydroxyl groups is 1. The first kappa shape index (κ1) is 19.4. The van der Waals surface area contributed by atoms with Crippen LogP contribution >= 0.6 is 11.8 Å². The van der Waals surface area contributed by atoms with Gasteiger partial charge in [-0.1, -0.05) is 41.6 Å². The number of thioether (sulfide) groups is 1. The highest BCUT2D eigenvalue weighted by Gasteiger charge is 2.15. The summed E-state index contributed by atoms with van der Waals surface area (Å²) in [6, 6.07) is 13.5. The van der Waals surface area contributed by atoms with Crippen molar-refractivity contribution in [3.63, 3.8) is 0 Å². The minimum absolute atomic E-state index is 0.141. The van der Waals surface area contributed by atoms with Crippen molar-refractivity contribution in [3.05, 3.63) is 65.5 Å². The molecule has 7 nitrogen and oxygen atoms in total. The van der Waals surface area contributed by atoms with E-state index in [1.165, 1.54) is 17.3 Å². The van der Waals surface area contributed by atoms with Gasteiger partial charge in [-0.05, 0) is 24.6 Å². The molecule has 0 atom stereocenters. The van der Waals surface area contributed by atoms with E-state index in [2.05, 4.69) is 34.6 Å². The molecule has 4 rings (SSSR count). The second-order valence-electron chi connectivity index (χ2n) is 6.69. The molecule has 0 unspecified atom stereocenters. The minimum Gasteiger partial charge on any atom is -0.454 e. The quantitative estimate of drug-likeness (QED) is 0.581. The number of carbonyl (C=O) groups is 1. The topological polar surface area (TPSA) is 85.6 Å². The molecule has 0 saturated carbocycles. The number of benzene rings is 2. The Morgan fingerprint density at radius 3 is 2.79 bits per heavy atom. The van der Waals surface area contributed by atoms with Gasteiger partial charge in [0.05, 0.1) is 18.1 Å². The van der Waals surface area contributed by atoms with E-state index in [-0.39, 0.29) is 25.1 Å². The number of aromatic nitrogens is 2. The molecule has 0 bridgehead atoms. The second kappa shape index (κ2) is 8.59. The third-order valence-electron chi connectivity index (χ3n) is 4.41. The number of ether oxygens (including phenoxy) is 2. The number of carbonyl (C=O) groups excluding carboxylic acids is 1. The van der Waals surface area contributed by atoms with E-state index in [1.54, 1.807) is 18.2 Å². The standard InChI is InChI=1S/C21H21N3O4S/c1-14-2-4-15(5-3-14)9-24-10-17(11-25)23-21(24)29-12-20(26)22-16-6-7-18-19(8-16)28-13-27-18/h2-8,10,25H,9,11-13H2,1H3,(H,22,26). The molecule has 8 heteroatoms. The molecule has 2 N–H and O–H groups in total. The number of imidazole rings is 1. The number of fused-ring (bicyclic) bond motifs is 1. The van der Waals surface area contributed by atoms with Gasteiger partial charge in [-0.15, -0.1) is 0 Å². The molecule has 0 saturated heterocycles. The fraction of sp³-hybridized carbons (Fsp3) is 0.238. The predicted octanol–water partition coefficient (Wildman–Crippen LogP) is 3.19. The summed E-state index contributed by atoms with van der Waals surface area (Å²) >= 11 is 1.33. The van der Waals surface area contributed by atoms with Gasteiger partial charge in [0.15, 0.2) is 16.7 Å². The Hall–Kier alpha value is -2.97. The molecular formula is C21H21N3O4S. The van der Waals surface area contributed by atoms with Crippen LogP contribution in [0.5, 0.6) is 11.5 Å². The number of hydrogen-bond donors (Lipinski definition) is 2. The van der Waals surface area contributed by atoms with Crippen molar-refractivity contribution in [2.75, 3.05) is 17.9 Å². The molecule has 1 aliphatic rings. The summed E-state index contributed by atoms with van der Waals surface area (Å²) in [6.45, 7) is 2.72. The van der Waals surface area contributed by atoms with E-state index in [0.29, 0.717) is 34.6 Å². The molecule has 3 aromatic rings. The third kappa shape index (κ3) is 4.72. The zero-order chi connectivity index (χ0) is 20.2. The second-order valence-corrected chi connectivity index (χ2v) is 7.63. The van der Waals surface area contributed by atoms with Gasteiger partial charge in [0, 0.05) is 24.5 Å². The largest absolute Gasteiger partial charge is 0.454 e. The van der Waals surface area contributed by atoms with Crippen LogP contribution in [-0.4, -0.2) is 33.1 Å². The summed E-state index contributed by atoms with van der Waals surface area (Å²) in [6.07, 6.45) is 1.82. The van der Waals surface area contributed by atoms with Crippen LogP contribution in [0.15, 0.2) is 53.8 Å². The van der Waals surface area contributed by atoms with Gasteiger partial charge in [0.1, 0.15) is 0 Å². The van der Waals surface area contributed by atoms with Crippen molar-refractivity contribution in [2.24, 2.45) is 0 Å². The van der Waals surface area contributed by atoms with Crippen LogP contribution in [0.3, 0.4) is 0 Å². The predicted molar refractivity (Wildman–Crippen MR) is 110 cm³/mol. The lowest BCUT2D eigenvalue weighted by Crippen LogP contribution is -2.14. The molecule has 2 aromatic carbocycles. The highest BCUT2D eigenvalue weighted by atomic mass is 32.2. The maximum absolute atomic E-state index is 12.4. The van der Waals surface area contributed by atoms with E-state index in [0.717, 1.165) is 5.56 Å². The van der Waals surface area contributed by atoms with Crippen molar-refractivity contribution >= 4 is 23.4 Å². The van der Waals surface area contributed by atoms with E-state index < -0.39 is 0 Å². The number of anilines is 1. The Labute approximate surface area is 172 Å². The number of nitrogens with one attached hydrogen (secondary N) is 1. The molecule has 0 spiro atoms. The van der Waals surface area contributed by atoms with Gasteiger partial charge in [-0.2, -0.15) is 0 Å². The molecule has 1 amide bonds. The van der Waals surface area contributed by atoms with Gasteiger partial charge >= 0.3 is 0 Å². The van der Waals surface area contributed by atoms with E-state index in [4.69, 9.17) is 9.47 Å². The first-order valence-corrected chi connectivity index (χ1v) is 10.1. The van der Waals surface area contributed by atoms with Crippen molar-refractivity contribution in [1.82, 2.24) is 9.55 Å². The first-order chi connectivity index (χ1) is 14.1. The zero-order valence-electron chi connectivity index (χ0n) is 15.9. The molecule has 0 fully saturated rings. The highest BCUT2D eigenvalue weighted by molar-refractivity contribution is 7.99. The monoisotopic (exact) mass is 411 g/mol. The van der Waals surface area contributed by atoms with E-state index in [1.807, 2.05) is 17.7 Å². The van der Waals surface area contributed by atoms with Gasteiger partial charge in [0.25, 0.3) is 0 Å². The van der Waals surface area contributed by atoms with Crippen LogP contribution < -0.4 is 14.8 Å². The van der Waals surface area contributed by atoms with Crippen molar-refractivity contribution in [1.29, 1.82) is 0 Å². The number of aryl methyl sites for hydroxylation is 1. The zero-order valence-corrected chi connectivity index (χ0v) is 16.7. The molecule has 2 heterocycles. The van der Waals surface area contributed by atoms with E-state index >= 15 is 0 Å². The Balaban J connectivity index is 1.40. The normalized spacial score (nSPS) is 12.2. The molecular weight excluding hydrogens is 390 g/mol. The van der Waals surface area contributed by atoms with Crippen LogP contribution in [0.2, 0.25) is 0 Å². The molecule has 1 aliphatic heterocycles. The minimum atomic E-state index is -0.149. The molecule has 150 valence electrons. The van der Waals surface area contributed by atoms with Gasteiger partial charge in [-0.3, -0.25) is 4.79 Å². The molecule has 1 aromatic heterocycles. The summed E-state index contributed by atoms with van der Waals surface area (Å²) < 4.78 is 12.6. The average molecular weight is 411 g/mol. The average Bonchev–Trinajstić information content (AvgIpc) is 3.34. The summed E-state index contributed by atoms with van der Waals surface area (Å²) in [5.41, 5.74) is 3.56. The fourth-order valence-corrected chi connectivity index (χ4v) is 3.74. The van der Waals surface area contributed by atoms with Crippen LogP contribution in [0.1, 0.15) is 16.8 Å². The molecule has 0 radical (unpaired) electrons. The van der Waals surface area contributed by atoms with Crippen molar-refractivity contribution in [3.8, 4) is 11.5 Å². The Morgan fingerprint density at radius 1 is 1.21 bits per heavy atom. The smallest absolute Gasteiger partial charge is 0.234 e. The molecule has 0 aliphatic carbocycles. The van der Waals surface area contributed by atoms with Crippen LogP contribution in [0.4, 0.5) is 5.69 Å². The third-order valence-corrected chi connectivity index (χ3v) is 5.40. The summed E-state index contributed by atoms with van der Waals surface area (Å²) in [7, 11) is 0. The summed E-state index contributed by atoms with van der Waals surface area (Å²) in [4.78, 5) is 16.8. The maximum Gasteiger partial charge on any atom is 0.234 e. The Morgan fingerprint density at radius 2 is 2.00 bits per heavy atom. The SMILES string of the molecule is Cc1ccc(Cn2cc(CO)nc2SCC(=O)Nc2ccc3c(c2)OCO3)cc1. The number of nitrogens with zero attached hydrogens (tertiary/aromatic N) is 2. The lowest BCUT2D eigenvalue weighted by Gasteiger charge is -2.09. The number of hydrogen-bond acceptors (Lipinski definition) is 6. The summed E-state index contributed by atoms with van der Waals surface area (Å²) in [5, 5.41) is 13.0. The fourth-order valence-electron chi connectivity index (χ4n) is 2.95. The van der Waals surface area contributed by atoms with E-state index in [9.17, 15) is 9.90 Å². The van der Waals surface area contributed by atoms with Gasteiger partial charge in [-0.25, -0.2) is 4.98 Å².